The second kappa shape index (κ2) is 9.61. The zero-order chi connectivity index (χ0) is 21.0. The smallest absolute Gasteiger partial charge is 0.219 e. The monoisotopic (exact) mass is 400 g/mol. The van der Waals surface area contributed by atoms with Crippen LogP contribution in [0.15, 0.2) is 46.8 Å². The summed E-state index contributed by atoms with van der Waals surface area (Å²) in [6, 6.07) is 0.244. The van der Waals surface area contributed by atoms with Gasteiger partial charge in [0.05, 0.1) is 6.17 Å². The minimum atomic E-state index is -0.301. The van der Waals surface area contributed by atoms with E-state index in [1.54, 1.807) is 6.92 Å². The van der Waals surface area contributed by atoms with E-state index in [0.717, 1.165) is 30.7 Å². The van der Waals surface area contributed by atoms with Gasteiger partial charge in [0.1, 0.15) is 0 Å². The third kappa shape index (κ3) is 5.29. The van der Waals surface area contributed by atoms with Crippen molar-refractivity contribution in [1.29, 1.82) is 0 Å². The quantitative estimate of drug-likeness (QED) is 0.384. The highest BCUT2D eigenvalue weighted by Gasteiger charge is 2.32. The summed E-state index contributed by atoms with van der Waals surface area (Å²) < 4.78 is 0. The van der Waals surface area contributed by atoms with Crippen LogP contribution in [0.1, 0.15) is 32.6 Å². The van der Waals surface area contributed by atoms with Crippen LogP contribution in [0, 0.1) is 5.92 Å². The summed E-state index contributed by atoms with van der Waals surface area (Å²) >= 11 is 0. The highest BCUT2D eigenvalue weighted by Crippen LogP contribution is 2.37. The SMILES string of the molecule is CN/C=C(/C1=CCC(NC(N)C2=C(NC)CCN(C(C)=O)C2)C=C1)C(N)C1CC1. The molecule has 7 heteroatoms. The molecule has 29 heavy (non-hydrogen) atoms. The predicted octanol–water partition coefficient (Wildman–Crippen LogP) is 0.682. The Morgan fingerprint density at radius 1 is 1.31 bits per heavy atom. The molecule has 160 valence electrons. The molecular formula is C22H36N6O. The molecule has 0 radical (unpaired) electrons. The van der Waals surface area contributed by atoms with Gasteiger partial charge in [-0.15, -0.1) is 0 Å². The summed E-state index contributed by atoms with van der Waals surface area (Å²) in [5.41, 5.74) is 17.5. The Balaban J connectivity index is 1.63. The number of rotatable bonds is 8. The molecule has 0 aromatic carbocycles. The number of nitrogens with one attached hydrogen (secondary N) is 3. The Labute approximate surface area is 174 Å². The summed E-state index contributed by atoms with van der Waals surface area (Å²) in [7, 11) is 3.83. The number of amides is 1. The van der Waals surface area contributed by atoms with E-state index in [4.69, 9.17) is 11.5 Å². The molecule has 0 aromatic rings. The van der Waals surface area contributed by atoms with Gasteiger partial charge >= 0.3 is 0 Å². The average molecular weight is 401 g/mol. The lowest BCUT2D eigenvalue weighted by molar-refractivity contribution is -0.128. The second-order valence-electron chi connectivity index (χ2n) is 8.20. The summed E-state index contributed by atoms with van der Waals surface area (Å²) in [5, 5.41) is 9.91. The van der Waals surface area contributed by atoms with Gasteiger partial charge in [-0.25, -0.2) is 0 Å². The first kappa shape index (κ1) is 21.6. The normalized spacial score (nSPS) is 24.9. The molecular weight excluding hydrogens is 364 g/mol. The van der Waals surface area contributed by atoms with Gasteiger partial charge < -0.3 is 27.0 Å². The molecule has 1 saturated carbocycles. The van der Waals surface area contributed by atoms with E-state index in [1.807, 2.05) is 25.2 Å². The predicted molar refractivity (Wildman–Crippen MR) is 118 cm³/mol. The molecule has 7 nitrogen and oxygen atoms in total. The van der Waals surface area contributed by atoms with E-state index in [2.05, 4.69) is 34.2 Å². The van der Waals surface area contributed by atoms with Crippen LogP contribution < -0.4 is 27.4 Å². The Morgan fingerprint density at radius 2 is 2.07 bits per heavy atom. The fourth-order valence-electron chi connectivity index (χ4n) is 4.15. The summed E-state index contributed by atoms with van der Waals surface area (Å²) in [6.07, 6.45) is 12.4. The van der Waals surface area contributed by atoms with Crippen molar-refractivity contribution in [2.45, 2.75) is 50.9 Å². The zero-order valence-electron chi connectivity index (χ0n) is 17.9. The van der Waals surface area contributed by atoms with Crippen LogP contribution in [-0.4, -0.2) is 56.2 Å². The molecule has 3 unspecified atom stereocenters. The zero-order valence-corrected chi connectivity index (χ0v) is 17.9. The first-order valence-electron chi connectivity index (χ1n) is 10.6. The maximum Gasteiger partial charge on any atom is 0.219 e. The summed E-state index contributed by atoms with van der Waals surface area (Å²) in [4.78, 5) is 13.6. The van der Waals surface area contributed by atoms with E-state index in [9.17, 15) is 4.79 Å². The van der Waals surface area contributed by atoms with Crippen LogP contribution in [0.3, 0.4) is 0 Å². The lowest BCUT2D eigenvalue weighted by Crippen LogP contribution is -2.50. The van der Waals surface area contributed by atoms with Crippen LogP contribution >= 0.6 is 0 Å². The molecule has 3 rings (SSSR count). The van der Waals surface area contributed by atoms with Gasteiger partial charge in [-0.3, -0.25) is 10.1 Å². The number of hydrogen-bond acceptors (Lipinski definition) is 6. The van der Waals surface area contributed by atoms with Crippen molar-refractivity contribution in [3.05, 3.63) is 46.8 Å². The highest BCUT2D eigenvalue weighted by molar-refractivity contribution is 5.73. The Morgan fingerprint density at radius 3 is 2.62 bits per heavy atom. The second-order valence-corrected chi connectivity index (χ2v) is 8.20. The number of nitrogens with zero attached hydrogens (tertiary/aromatic N) is 1. The molecule has 3 atom stereocenters. The first-order chi connectivity index (χ1) is 13.9. The van der Waals surface area contributed by atoms with Gasteiger partial charge in [-0.1, -0.05) is 18.2 Å². The lowest BCUT2D eigenvalue weighted by atomic mass is 9.91. The molecule has 2 aliphatic carbocycles. The van der Waals surface area contributed by atoms with Crippen LogP contribution in [0.2, 0.25) is 0 Å². The molecule has 1 aliphatic heterocycles. The van der Waals surface area contributed by atoms with Gasteiger partial charge in [0, 0.05) is 64.5 Å². The topological polar surface area (TPSA) is 108 Å². The average Bonchev–Trinajstić information content (AvgIpc) is 3.57. The van der Waals surface area contributed by atoms with Crippen molar-refractivity contribution >= 4 is 5.91 Å². The van der Waals surface area contributed by atoms with Crippen LogP contribution in [0.25, 0.3) is 0 Å². The third-order valence-electron chi connectivity index (χ3n) is 6.12. The van der Waals surface area contributed by atoms with Crippen molar-refractivity contribution in [2.75, 3.05) is 27.2 Å². The number of carbonyl (C=O) groups is 1. The Kier molecular flexibility index (Phi) is 7.16. The maximum atomic E-state index is 11.8. The van der Waals surface area contributed by atoms with Crippen molar-refractivity contribution in [3.8, 4) is 0 Å². The summed E-state index contributed by atoms with van der Waals surface area (Å²) in [6.45, 7) is 2.92. The van der Waals surface area contributed by atoms with E-state index >= 15 is 0 Å². The number of nitrogens with two attached hydrogens (primary N) is 2. The van der Waals surface area contributed by atoms with Gasteiger partial charge in [-0.05, 0) is 41.9 Å². The lowest BCUT2D eigenvalue weighted by Gasteiger charge is -2.34. The standard InChI is InChI=1S/C22H36N6O/c1-14(29)28-11-10-20(26-3)19(13-28)22(24)27-17-8-6-15(7-9-17)18(12-25-2)21(23)16-4-5-16/h6-8,12,16-17,21-22,25-27H,4-5,9-11,13,23-24H2,1-3H3/b18-12-. The van der Waals surface area contributed by atoms with Gasteiger partial charge in [0.15, 0.2) is 0 Å². The van der Waals surface area contributed by atoms with Crippen molar-refractivity contribution in [1.82, 2.24) is 20.9 Å². The third-order valence-corrected chi connectivity index (χ3v) is 6.12. The number of hydrogen-bond donors (Lipinski definition) is 5. The molecule has 7 N–H and O–H groups in total. The Hall–Kier alpha value is -2.09. The molecule has 0 spiro atoms. The fourth-order valence-corrected chi connectivity index (χ4v) is 4.15. The van der Waals surface area contributed by atoms with E-state index in [0.29, 0.717) is 12.5 Å². The van der Waals surface area contributed by atoms with Crippen LogP contribution in [0.5, 0.6) is 0 Å². The number of allylic oxidation sites excluding steroid dienone is 1. The van der Waals surface area contributed by atoms with E-state index < -0.39 is 0 Å². The van der Waals surface area contributed by atoms with Crippen molar-refractivity contribution in [3.63, 3.8) is 0 Å². The molecule has 3 aliphatic rings. The van der Waals surface area contributed by atoms with Crippen molar-refractivity contribution in [2.24, 2.45) is 17.4 Å². The largest absolute Gasteiger partial charge is 0.394 e. The van der Waals surface area contributed by atoms with Gasteiger partial charge in [0.25, 0.3) is 0 Å². The van der Waals surface area contributed by atoms with E-state index in [-0.39, 0.29) is 24.2 Å². The maximum absolute atomic E-state index is 11.8. The van der Waals surface area contributed by atoms with Gasteiger partial charge in [-0.2, -0.15) is 0 Å². The minimum Gasteiger partial charge on any atom is -0.394 e. The minimum absolute atomic E-state index is 0.0887. The number of carbonyl (C=O) groups excluding carboxylic acids is 1. The summed E-state index contributed by atoms with van der Waals surface area (Å²) in [5.74, 6) is 0.696. The van der Waals surface area contributed by atoms with Crippen molar-refractivity contribution < 1.29 is 4.79 Å². The molecule has 1 fully saturated rings. The van der Waals surface area contributed by atoms with E-state index in [1.165, 1.54) is 24.0 Å². The Bertz CT molecular complexity index is 734. The molecule has 0 saturated heterocycles. The van der Waals surface area contributed by atoms with Crippen LogP contribution in [0.4, 0.5) is 0 Å². The fraction of sp³-hybridized carbons (Fsp3) is 0.591. The van der Waals surface area contributed by atoms with Gasteiger partial charge in [0.2, 0.25) is 5.91 Å². The van der Waals surface area contributed by atoms with Crippen LogP contribution in [-0.2, 0) is 4.79 Å². The molecule has 0 aromatic heterocycles. The highest BCUT2D eigenvalue weighted by atomic mass is 16.2. The molecule has 1 heterocycles. The first-order valence-corrected chi connectivity index (χ1v) is 10.6. The molecule has 1 amide bonds. The molecule has 0 bridgehead atoms.